The summed E-state index contributed by atoms with van der Waals surface area (Å²) in [5.74, 6) is -0.641. The van der Waals surface area contributed by atoms with Gasteiger partial charge >= 0.3 is 0 Å². The van der Waals surface area contributed by atoms with Gasteiger partial charge in [0.05, 0.1) is 17.2 Å². The van der Waals surface area contributed by atoms with Crippen LogP contribution in [0.5, 0.6) is 0 Å². The minimum atomic E-state index is -3.74. The summed E-state index contributed by atoms with van der Waals surface area (Å²) in [4.78, 5) is 24.1. The highest BCUT2D eigenvalue weighted by Gasteiger charge is 2.39. The summed E-state index contributed by atoms with van der Waals surface area (Å²) in [6.45, 7) is 0.258. The third kappa shape index (κ3) is 3.89. The summed E-state index contributed by atoms with van der Waals surface area (Å²) in [7, 11) is -3.74. The first-order valence-corrected chi connectivity index (χ1v) is 9.61. The van der Waals surface area contributed by atoms with E-state index in [1.807, 2.05) is 6.07 Å². The van der Waals surface area contributed by atoms with Crippen LogP contribution < -0.4 is 9.62 Å². The average Bonchev–Trinajstić information content (AvgIpc) is 2.64. The Morgan fingerprint density at radius 2 is 1.77 bits per heavy atom. The van der Waals surface area contributed by atoms with E-state index >= 15 is 0 Å². The second-order valence-corrected chi connectivity index (χ2v) is 7.78. The Morgan fingerprint density at radius 3 is 2.42 bits per heavy atom. The first-order chi connectivity index (χ1) is 12.4. The molecule has 1 atom stereocenters. The summed E-state index contributed by atoms with van der Waals surface area (Å²) in [6, 6.07) is 14.2. The molecule has 8 nitrogen and oxygen atoms in total. The van der Waals surface area contributed by atoms with Crippen molar-refractivity contribution in [3.8, 4) is 0 Å². The summed E-state index contributed by atoms with van der Waals surface area (Å²) >= 11 is 0. The summed E-state index contributed by atoms with van der Waals surface area (Å²) in [6.07, 6.45) is -0.00417. The molecule has 2 aromatic carbocycles. The van der Waals surface area contributed by atoms with Gasteiger partial charge in [-0.25, -0.2) is 13.1 Å². The quantitative estimate of drug-likeness (QED) is 0.448. The highest BCUT2D eigenvalue weighted by Crippen LogP contribution is 2.22. The van der Waals surface area contributed by atoms with E-state index in [4.69, 9.17) is 0 Å². The van der Waals surface area contributed by atoms with E-state index in [2.05, 4.69) is 4.72 Å². The zero-order valence-corrected chi connectivity index (χ0v) is 14.6. The van der Waals surface area contributed by atoms with E-state index in [0.717, 1.165) is 0 Å². The van der Waals surface area contributed by atoms with E-state index in [0.29, 0.717) is 11.3 Å². The SMILES string of the molecule is O=C1C(NS(=O)(=O)CCc2ccccc2[N+](=O)[O-])CN1c1ccccc1. The second kappa shape index (κ2) is 7.22. The first-order valence-electron chi connectivity index (χ1n) is 7.96. The third-order valence-electron chi connectivity index (χ3n) is 4.15. The van der Waals surface area contributed by atoms with E-state index in [-0.39, 0.29) is 30.3 Å². The van der Waals surface area contributed by atoms with E-state index < -0.39 is 21.0 Å². The smallest absolute Gasteiger partial charge is 0.272 e. The molecule has 1 saturated heterocycles. The lowest BCUT2D eigenvalue weighted by Gasteiger charge is -2.38. The summed E-state index contributed by atoms with van der Waals surface area (Å²) in [5, 5.41) is 11.0. The van der Waals surface area contributed by atoms with E-state index in [1.165, 1.54) is 23.1 Å². The lowest BCUT2D eigenvalue weighted by atomic mass is 10.1. The number of carbonyl (C=O) groups excluding carboxylic acids is 1. The molecule has 0 aliphatic carbocycles. The van der Waals surface area contributed by atoms with Crippen LogP contribution in [-0.2, 0) is 21.2 Å². The number of para-hydroxylation sites is 2. The molecule has 3 rings (SSSR count). The number of anilines is 1. The van der Waals surface area contributed by atoms with Gasteiger partial charge in [-0.05, 0) is 18.6 Å². The number of nitro benzene ring substituents is 1. The fourth-order valence-corrected chi connectivity index (χ4v) is 3.99. The van der Waals surface area contributed by atoms with Crippen molar-refractivity contribution < 1.29 is 18.1 Å². The third-order valence-corrected chi connectivity index (χ3v) is 5.53. The second-order valence-electron chi connectivity index (χ2n) is 5.91. The van der Waals surface area contributed by atoms with Gasteiger partial charge in [0.1, 0.15) is 6.04 Å². The van der Waals surface area contributed by atoms with Gasteiger partial charge in [-0.2, -0.15) is 0 Å². The Hall–Kier alpha value is -2.78. The van der Waals surface area contributed by atoms with Crippen molar-refractivity contribution in [2.24, 2.45) is 0 Å². The number of carbonyl (C=O) groups is 1. The van der Waals surface area contributed by atoms with Crippen LogP contribution in [0.2, 0.25) is 0 Å². The summed E-state index contributed by atoms with van der Waals surface area (Å²) < 4.78 is 26.8. The molecule has 0 aromatic heterocycles. The number of hydrogen-bond donors (Lipinski definition) is 1. The summed E-state index contributed by atoms with van der Waals surface area (Å²) in [5.41, 5.74) is 0.944. The van der Waals surface area contributed by atoms with Crippen molar-refractivity contribution in [2.75, 3.05) is 17.2 Å². The van der Waals surface area contributed by atoms with Crippen molar-refractivity contribution in [1.29, 1.82) is 0 Å². The molecule has 1 aliphatic rings. The lowest BCUT2D eigenvalue weighted by Crippen LogP contribution is -2.64. The molecule has 0 saturated carbocycles. The van der Waals surface area contributed by atoms with Crippen molar-refractivity contribution in [2.45, 2.75) is 12.5 Å². The van der Waals surface area contributed by atoms with Gasteiger partial charge in [-0.1, -0.05) is 36.4 Å². The molecule has 1 amide bonds. The standard InChI is InChI=1S/C17H17N3O5S/c21-17-15(12-19(17)14-7-2-1-3-8-14)18-26(24,25)11-10-13-6-4-5-9-16(13)20(22)23/h1-9,15,18H,10-12H2. The molecule has 1 heterocycles. The maximum atomic E-state index is 12.2. The number of benzene rings is 2. The van der Waals surface area contributed by atoms with Gasteiger partial charge < -0.3 is 4.90 Å². The number of nitro groups is 1. The predicted octanol–water partition coefficient (Wildman–Crippen LogP) is 1.47. The Labute approximate surface area is 150 Å². The Morgan fingerprint density at radius 1 is 1.12 bits per heavy atom. The normalized spacial score (nSPS) is 17.0. The van der Waals surface area contributed by atoms with Crippen LogP contribution >= 0.6 is 0 Å². The number of β-lactam (4-membered cyclic amide) rings is 1. The van der Waals surface area contributed by atoms with Crippen LogP contribution in [0.4, 0.5) is 11.4 Å². The van der Waals surface area contributed by atoms with Crippen LogP contribution in [0.3, 0.4) is 0 Å². The van der Waals surface area contributed by atoms with Crippen LogP contribution in [0.25, 0.3) is 0 Å². The number of aryl methyl sites for hydroxylation is 1. The maximum Gasteiger partial charge on any atom is 0.272 e. The number of rotatable bonds is 7. The number of sulfonamides is 1. The van der Waals surface area contributed by atoms with Crippen LogP contribution in [0.1, 0.15) is 5.56 Å². The molecule has 1 fully saturated rings. The molecule has 0 bridgehead atoms. The average molecular weight is 375 g/mol. The minimum absolute atomic E-state index is 0.00417. The molecule has 9 heteroatoms. The number of amides is 1. The van der Waals surface area contributed by atoms with Crippen molar-refractivity contribution in [1.82, 2.24) is 4.72 Å². The van der Waals surface area contributed by atoms with Crippen molar-refractivity contribution in [3.05, 3.63) is 70.3 Å². The Kier molecular flexibility index (Phi) is 5.01. The fraction of sp³-hybridized carbons (Fsp3) is 0.235. The van der Waals surface area contributed by atoms with Gasteiger partial charge in [-0.15, -0.1) is 0 Å². The van der Waals surface area contributed by atoms with Crippen LogP contribution in [0, 0.1) is 10.1 Å². The highest BCUT2D eigenvalue weighted by atomic mass is 32.2. The zero-order valence-electron chi connectivity index (χ0n) is 13.7. The van der Waals surface area contributed by atoms with Crippen molar-refractivity contribution in [3.63, 3.8) is 0 Å². The topological polar surface area (TPSA) is 110 Å². The molecule has 1 aliphatic heterocycles. The highest BCUT2D eigenvalue weighted by molar-refractivity contribution is 7.89. The van der Waals surface area contributed by atoms with Crippen LogP contribution in [0.15, 0.2) is 54.6 Å². The largest absolute Gasteiger partial charge is 0.309 e. The number of hydrogen-bond acceptors (Lipinski definition) is 5. The fourth-order valence-electron chi connectivity index (χ4n) is 2.77. The van der Waals surface area contributed by atoms with Gasteiger partial charge in [0.15, 0.2) is 0 Å². The Balaban J connectivity index is 1.59. The molecule has 1 N–H and O–H groups in total. The first kappa shape index (κ1) is 18.0. The molecule has 0 spiro atoms. The Bertz CT molecular complexity index is 930. The molecule has 26 heavy (non-hydrogen) atoms. The minimum Gasteiger partial charge on any atom is -0.309 e. The van der Waals surface area contributed by atoms with E-state index in [9.17, 15) is 23.3 Å². The van der Waals surface area contributed by atoms with Crippen LogP contribution in [-0.4, -0.2) is 37.6 Å². The molecular weight excluding hydrogens is 358 g/mol. The van der Waals surface area contributed by atoms with E-state index in [1.54, 1.807) is 30.3 Å². The lowest BCUT2D eigenvalue weighted by molar-refractivity contribution is -0.385. The predicted molar refractivity (Wildman–Crippen MR) is 96.3 cm³/mol. The molecular formula is C17H17N3O5S. The maximum absolute atomic E-state index is 12.2. The number of nitrogens with zero attached hydrogens (tertiary/aromatic N) is 2. The van der Waals surface area contributed by atoms with Gasteiger partial charge in [0, 0.05) is 17.3 Å². The zero-order chi connectivity index (χ0) is 18.7. The number of nitrogens with one attached hydrogen (secondary N) is 1. The van der Waals surface area contributed by atoms with Gasteiger partial charge in [0.25, 0.3) is 5.69 Å². The van der Waals surface area contributed by atoms with Crippen molar-refractivity contribution >= 4 is 27.3 Å². The van der Waals surface area contributed by atoms with Gasteiger partial charge in [0.2, 0.25) is 15.9 Å². The molecule has 136 valence electrons. The monoisotopic (exact) mass is 375 g/mol. The molecule has 0 radical (unpaired) electrons. The van der Waals surface area contributed by atoms with Gasteiger partial charge in [-0.3, -0.25) is 14.9 Å². The molecule has 2 aromatic rings. The molecule has 1 unspecified atom stereocenters.